The molecule has 0 N–H and O–H groups in total. The summed E-state index contributed by atoms with van der Waals surface area (Å²) in [4.78, 5) is 27.6. The van der Waals surface area contributed by atoms with Crippen LogP contribution >= 0.6 is 15.9 Å². The van der Waals surface area contributed by atoms with Crippen LogP contribution in [0, 0.1) is 6.92 Å². The molecule has 2 rings (SSSR count). The summed E-state index contributed by atoms with van der Waals surface area (Å²) in [7, 11) is 0. The van der Waals surface area contributed by atoms with Gasteiger partial charge >= 0.3 is 6.09 Å². The van der Waals surface area contributed by atoms with E-state index in [4.69, 9.17) is 4.74 Å². The second-order valence-electron chi connectivity index (χ2n) is 5.21. The smallest absolute Gasteiger partial charge is 0.409 e. The Kier molecular flexibility index (Phi) is 5.44. The van der Waals surface area contributed by atoms with Gasteiger partial charge in [-0.3, -0.25) is 9.48 Å². The van der Waals surface area contributed by atoms with Crippen molar-refractivity contribution in [3.63, 3.8) is 0 Å². The Labute approximate surface area is 138 Å². The van der Waals surface area contributed by atoms with Crippen molar-refractivity contribution >= 4 is 27.9 Å². The van der Waals surface area contributed by atoms with Crippen LogP contribution < -0.4 is 0 Å². The number of rotatable bonds is 3. The first-order valence-electron chi connectivity index (χ1n) is 7.35. The third kappa shape index (κ3) is 3.43. The van der Waals surface area contributed by atoms with E-state index in [2.05, 4.69) is 21.0 Å². The Morgan fingerprint density at radius 3 is 2.41 bits per heavy atom. The van der Waals surface area contributed by atoms with Gasteiger partial charge in [-0.2, -0.15) is 5.10 Å². The van der Waals surface area contributed by atoms with Gasteiger partial charge in [0.1, 0.15) is 6.04 Å². The lowest BCUT2D eigenvalue weighted by Gasteiger charge is -2.35. The van der Waals surface area contributed by atoms with Crippen LogP contribution in [0.1, 0.15) is 25.6 Å². The van der Waals surface area contributed by atoms with Gasteiger partial charge in [0.05, 0.1) is 23.0 Å². The van der Waals surface area contributed by atoms with Crippen LogP contribution in [0.25, 0.3) is 0 Å². The molecule has 0 saturated carbocycles. The highest BCUT2D eigenvalue weighted by Crippen LogP contribution is 2.20. The molecular formula is C14H21BrN4O3. The summed E-state index contributed by atoms with van der Waals surface area (Å²) in [5, 5.41) is 4.24. The van der Waals surface area contributed by atoms with Crippen molar-refractivity contribution in [3.05, 3.63) is 16.4 Å². The summed E-state index contributed by atoms with van der Waals surface area (Å²) >= 11 is 3.40. The highest BCUT2D eigenvalue weighted by molar-refractivity contribution is 9.10. The average molecular weight is 373 g/mol. The fraction of sp³-hybridized carbons (Fsp3) is 0.643. The zero-order valence-corrected chi connectivity index (χ0v) is 14.7. The van der Waals surface area contributed by atoms with Crippen molar-refractivity contribution in [1.29, 1.82) is 0 Å². The Balaban J connectivity index is 1.95. The van der Waals surface area contributed by atoms with E-state index in [1.807, 2.05) is 13.8 Å². The molecule has 1 aromatic heterocycles. The SMILES string of the molecule is CCOC(=O)N1CCN(C(=O)[C@@H](C)n2ncc(Br)c2C)CC1. The van der Waals surface area contributed by atoms with E-state index < -0.39 is 0 Å². The van der Waals surface area contributed by atoms with Crippen LogP contribution in [0.15, 0.2) is 10.7 Å². The first-order valence-corrected chi connectivity index (χ1v) is 8.15. The van der Waals surface area contributed by atoms with Crippen LogP contribution in [0.4, 0.5) is 4.79 Å². The molecule has 1 aliphatic heterocycles. The maximum absolute atomic E-state index is 12.6. The Bertz CT molecular complexity index is 552. The number of ether oxygens (including phenoxy) is 1. The second kappa shape index (κ2) is 7.13. The number of carbonyl (C=O) groups is 2. The molecule has 22 heavy (non-hydrogen) atoms. The van der Waals surface area contributed by atoms with E-state index in [0.717, 1.165) is 10.2 Å². The van der Waals surface area contributed by atoms with Gasteiger partial charge in [-0.15, -0.1) is 0 Å². The predicted molar refractivity (Wildman–Crippen MR) is 84.6 cm³/mol. The third-order valence-corrected chi connectivity index (χ3v) is 4.60. The average Bonchev–Trinajstić information content (AvgIpc) is 2.86. The van der Waals surface area contributed by atoms with Crippen LogP contribution in [-0.4, -0.2) is 64.4 Å². The van der Waals surface area contributed by atoms with E-state index >= 15 is 0 Å². The fourth-order valence-corrected chi connectivity index (χ4v) is 2.76. The molecule has 1 saturated heterocycles. The molecule has 1 fully saturated rings. The normalized spacial score (nSPS) is 16.5. The highest BCUT2D eigenvalue weighted by Gasteiger charge is 2.29. The van der Waals surface area contributed by atoms with Crippen LogP contribution in [-0.2, 0) is 9.53 Å². The molecule has 122 valence electrons. The quantitative estimate of drug-likeness (QED) is 0.811. The van der Waals surface area contributed by atoms with E-state index in [1.54, 1.807) is 27.6 Å². The number of amides is 2. The van der Waals surface area contributed by atoms with Crippen molar-refractivity contribution in [2.45, 2.75) is 26.8 Å². The standard InChI is InChI=1S/C14H21BrN4O3/c1-4-22-14(21)18-7-5-17(6-8-18)13(20)11(3)19-10(2)12(15)9-16-19/h9,11H,4-8H2,1-3H3/t11-/m1/s1. The molecule has 0 radical (unpaired) electrons. The lowest BCUT2D eigenvalue weighted by atomic mass is 10.2. The van der Waals surface area contributed by atoms with Gasteiger partial charge in [-0.05, 0) is 36.7 Å². The summed E-state index contributed by atoms with van der Waals surface area (Å²) < 4.78 is 7.58. The number of piperazine rings is 1. The number of nitrogens with zero attached hydrogens (tertiary/aromatic N) is 4. The molecule has 1 aromatic rings. The highest BCUT2D eigenvalue weighted by atomic mass is 79.9. The number of hydrogen-bond donors (Lipinski definition) is 0. The predicted octanol–water partition coefficient (Wildman–Crippen LogP) is 1.82. The minimum atomic E-state index is -0.361. The molecule has 0 bridgehead atoms. The summed E-state index contributed by atoms with van der Waals surface area (Å²) in [5.41, 5.74) is 0.922. The Hall–Kier alpha value is -1.57. The molecule has 8 heteroatoms. The molecule has 1 aliphatic rings. The number of halogens is 1. The molecule has 2 amide bonds. The van der Waals surface area contributed by atoms with Gasteiger partial charge in [0.25, 0.3) is 0 Å². The van der Waals surface area contributed by atoms with Crippen LogP contribution in [0.5, 0.6) is 0 Å². The summed E-state index contributed by atoms with van der Waals surface area (Å²) in [6.07, 6.45) is 1.38. The maximum atomic E-state index is 12.6. The fourth-order valence-electron chi connectivity index (χ4n) is 2.49. The van der Waals surface area contributed by atoms with Gasteiger partial charge in [0.2, 0.25) is 5.91 Å². The second-order valence-corrected chi connectivity index (χ2v) is 6.06. The number of carbonyl (C=O) groups excluding carboxylic acids is 2. The van der Waals surface area contributed by atoms with Gasteiger partial charge in [0.15, 0.2) is 0 Å². The third-order valence-electron chi connectivity index (χ3n) is 3.83. The van der Waals surface area contributed by atoms with Gasteiger partial charge in [0, 0.05) is 26.2 Å². The van der Waals surface area contributed by atoms with E-state index in [9.17, 15) is 9.59 Å². The van der Waals surface area contributed by atoms with Crippen molar-refractivity contribution < 1.29 is 14.3 Å². The zero-order chi connectivity index (χ0) is 16.3. The molecule has 2 heterocycles. The Morgan fingerprint density at radius 2 is 1.91 bits per heavy atom. The first kappa shape index (κ1) is 16.8. The number of hydrogen-bond acceptors (Lipinski definition) is 4. The lowest BCUT2D eigenvalue weighted by Crippen LogP contribution is -2.52. The zero-order valence-electron chi connectivity index (χ0n) is 13.1. The minimum absolute atomic E-state index is 0.0159. The van der Waals surface area contributed by atoms with Gasteiger partial charge in [-0.25, -0.2) is 4.79 Å². The van der Waals surface area contributed by atoms with Crippen molar-refractivity contribution in [3.8, 4) is 0 Å². The van der Waals surface area contributed by atoms with Crippen LogP contribution in [0.3, 0.4) is 0 Å². The monoisotopic (exact) mass is 372 g/mol. The maximum Gasteiger partial charge on any atom is 0.409 e. The van der Waals surface area contributed by atoms with Crippen LogP contribution in [0.2, 0.25) is 0 Å². The number of aromatic nitrogens is 2. The molecule has 0 aromatic carbocycles. The molecule has 0 unspecified atom stereocenters. The molecular weight excluding hydrogens is 352 g/mol. The summed E-state index contributed by atoms with van der Waals surface area (Å²) in [6.45, 7) is 7.93. The molecule has 0 spiro atoms. The molecule has 0 aliphatic carbocycles. The van der Waals surface area contributed by atoms with Gasteiger partial charge in [-0.1, -0.05) is 0 Å². The van der Waals surface area contributed by atoms with E-state index in [0.29, 0.717) is 32.8 Å². The van der Waals surface area contributed by atoms with Crippen molar-refractivity contribution in [2.75, 3.05) is 32.8 Å². The van der Waals surface area contributed by atoms with Crippen molar-refractivity contribution in [1.82, 2.24) is 19.6 Å². The van der Waals surface area contributed by atoms with Crippen molar-refractivity contribution in [2.24, 2.45) is 0 Å². The summed E-state index contributed by atoms with van der Waals surface area (Å²) in [5.74, 6) is 0.0159. The van der Waals surface area contributed by atoms with Gasteiger partial charge < -0.3 is 14.5 Å². The molecule has 7 nitrogen and oxygen atoms in total. The first-order chi connectivity index (χ1) is 10.5. The largest absolute Gasteiger partial charge is 0.450 e. The molecule has 1 atom stereocenters. The topological polar surface area (TPSA) is 67.7 Å². The van der Waals surface area contributed by atoms with E-state index in [-0.39, 0.29) is 18.0 Å². The minimum Gasteiger partial charge on any atom is -0.450 e. The van der Waals surface area contributed by atoms with E-state index in [1.165, 1.54) is 0 Å². The lowest BCUT2D eigenvalue weighted by molar-refractivity contribution is -0.136. The summed E-state index contributed by atoms with van der Waals surface area (Å²) in [6, 6.07) is -0.361. The Morgan fingerprint density at radius 1 is 1.32 bits per heavy atom.